The number of hydrogen-bond donors (Lipinski definition) is 1. The fourth-order valence-corrected chi connectivity index (χ4v) is 1.70. The molecule has 0 aromatic carbocycles. The van der Waals surface area contributed by atoms with E-state index in [9.17, 15) is 4.79 Å². The number of aromatic nitrogens is 1. The highest BCUT2D eigenvalue weighted by molar-refractivity contribution is 5.81. The third kappa shape index (κ3) is 0.975. The molecule has 1 N–H and O–H groups in total. The molecular weight excluding hydrogens is 154 g/mol. The van der Waals surface area contributed by atoms with Gasteiger partial charge in [-0.3, -0.25) is 9.36 Å². The van der Waals surface area contributed by atoms with Gasteiger partial charge in [0.15, 0.2) is 0 Å². The van der Waals surface area contributed by atoms with Crippen LogP contribution in [-0.4, -0.2) is 22.2 Å². The zero-order valence-electron chi connectivity index (χ0n) is 6.73. The van der Waals surface area contributed by atoms with Gasteiger partial charge in [-0.2, -0.15) is 0 Å². The highest BCUT2D eigenvalue weighted by atomic mass is 16.3. The molecule has 1 aromatic heterocycles. The van der Waals surface area contributed by atoms with E-state index in [4.69, 9.17) is 5.11 Å². The maximum Gasteiger partial charge on any atom is 0.230 e. The first kappa shape index (κ1) is 7.55. The van der Waals surface area contributed by atoms with Gasteiger partial charge in [0.2, 0.25) is 5.91 Å². The summed E-state index contributed by atoms with van der Waals surface area (Å²) in [5.74, 6) is 0.289. The second kappa shape index (κ2) is 2.75. The molecule has 1 aromatic rings. The molecular formula is C9H11NO2. The molecule has 0 amide bonds. The minimum absolute atomic E-state index is 0.136. The maximum atomic E-state index is 11.3. The molecule has 64 valence electrons. The van der Waals surface area contributed by atoms with Crippen molar-refractivity contribution in [2.75, 3.05) is 6.61 Å². The summed E-state index contributed by atoms with van der Waals surface area (Å²) in [4.78, 5) is 11.3. The summed E-state index contributed by atoms with van der Waals surface area (Å²) in [7, 11) is 0. The standard InChI is InChI=1S/C9H11NO2/c11-6-7-3-4-9(12)10-5-1-2-8(7)10/h1-2,5,7,11H,3-4,6H2. The number of fused-ring (bicyclic) bond motifs is 1. The van der Waals surface area contributed by atoms with E-state index in [1.807, 2.05) is 12.1 Å². The van der Waals surface area contributed by atoms with Gasteiger partial charge in [0.25, 0.3) is 0 Å². The molecule has 0 fully saturated rings. The van der Waals surface area contributed by atoms with Crippen LogP contribution in [0.1, 0.15) is 29.2 Å². The van der Waals surface area contributed by atoms with Crippen LogP contribution in [0, 0.1) is 0 Å². The van der Waals surface area contributed by atoms with Crippen molar-refractivity contribution in [3.8, 4) is 0 Å². The Labute approximate surface area is 70.6 Å². The fraction of sp³-hybridized carbons (Fsp3) is 0.444. The molecule has 0 aliphatic carbocycles. The highest BCUT2D eigenvalue weighted by Gasteiger charge is 2.23. The van der Waals surface area contributed by atoms with Gasteiger partial charge in [0, 0.05) is 24.2 Å². The van der Waals surface area contributed by atoms with Crippen LogP contribution >= 0.6 is 0 Å². The Morgan fingerprint density at radius 3 is 3.25 bits per heavy atom. The van der Waals surface area contributed by atoms with Crippen LogP contribution in [0.4, 0.5) is 0 Å². The van der Waals surface area contributed by atoms with Gasteiger partial charge >= 0.3 is 0 Å². The molecule has 2 heterocycles. The number of aliphatic hydroxyl groups excluding tert-OH is 1. The molecule has 1 aliphatic heterocycles. The zero-order valence-corrected chi connectivity index (χ0v) is 6.73. The van der Waals surface area contributed by atoms with Crippen LogP contribution in [0.25, 0.3) is 0 Å². The Bertz CT molecular complexity index is 303. The molecule has 0 radical (unpaired) electrons. The Kier molecular flexibility index (Phi) is 1.73. The van der Waals surface area contributed by atoms with Gasteiger partial charge < -0.3 is 5.11 Å². The van der Waals surface area contributed by atoms with Crippen molar-refractivity contribution in [1.82, 2.24) is 4.57 Å². The molecule has 0 spiro atoms. The van der Waals surface area contributed by atoms with Crippen LogP contribution in [0.15, 0.2) is 18.3 Å². The van der Waals surface area contributed by atoms with Crippen molar-refractivity contribution in [2.45, 2.75) is 18.8 Å². The van der Waals surface area contributed by atoms with E-state index in [0.717, 1.165) is 12.1 Å². The first-order valence-electron chi connectivity index (χ1n) is 4.14. The average Bonchev–Trinajstić information content (AvgIpc) is 2.54. The number of carbonyl (C=O) groups is 1. The van der Waals surface area contributed by atoms with E-state index < -0.39 is 0 Å². The number of aliphatic hydroxyl groups is 1. The lowest BCUT2D eigenvalue weighted by atomic mass is 9.97. The average molecular weight is 165 g/mol. The molecule has 0 saturated carbocycles. The van der Waals surface area contributed by atoms with Crippen molar-refractivity contribution in [3.63, 3.8) is 0 Å². The van der Waals surface area contributed by atoms with Crippen LogP contribution < -0.4 is 0 Å². The normalized spacial score (nSPS) is 22.4. The van der Waals surface area contributed by atoms with Gasteiger partial charge in [-0.1, -0.05) is 0 Å². The van der Waals surface area contributed by atoms with Crippen molar-refractivity contribution in [3.05, 3.63) is 24.0 Å². The minimum Gasteiger partial charge on any atom is -0.396 e. The number of nitrogens with zero attached hydrogens (tertiary/aromatic N) is 1. The number of carbonyl (C=O) groups excluding carboxylic acids is 1. The molecule has 2 rings (SSSR count). The van der Waals surface area contributed by atoms with E-state index >= 15 is 0 Å². The quantitative estimate of drug-likeness (QED) is 0.674. The Balaban J connectivity index is 2.42. The summed E-state index contributed by atoms with van der Waals surface area (Å²) < 4.78 is 1.64. The molecule has 1 unspecified atom stereocenters. The summed E-state index contributed by atoms with van der Waals surface area (Å²) in [6.45, 7) is 0.136. The van der Waals surface area contributed by atoms with E-state index in [0.29, 0.717) is 6.42 Å². The smallest absolute Gasteiger partial charge is 0.230 e. The van der Waals surface area contributed by atoms with Crippen molar-refractivity contribution < 1.29 is 9.90 Å². The van der Waals surface area contributed by atoms with Gasteiger partial charge in [-0.05, 0) is 18.6 Å². The second-order valence-electron chi connectivity index (χ2n) is 3.11. The number of hydrogen-bond acceptors (Lipinski definition) is 2. The van der Waals surface area contributed by atoms with Gasteiger partial charge in [0.05, 0.1) is 6.61 Å². The molecule has 1 aliphatic rings. The molecule has 3 heteroatoms. The van der Waals surface area contributed by atoms with E-state index in [-0.39, 0.29) is 18.4 Å². The van der Waals surface area contributed by atoms with Crippen LogP contribution in [0.2, 0.25) is 0 Å². The minimum atomic E-state index is 0.136. The third-order valence-corrected chi connectivity index (χ3v) is 2.39. The summed E-state index contributed by atoms with van der Waals surface area (Å²) >= 11 is 0. The number of rotatable bonds is 1. The first-order chi connectivity index (χ1) is 5.83. The summed E-state index contributed by atoms with van der Waals surface area (Å²) in [6.07, 6.45) is 3.09. The first-order valence-corrected chi connectivity index (χ1v) is 4.14. The van der Waals surface area contributed by atoms with E-state index in [2.05, 4.69) is 0 Å². The summed E-state index contributed by atoms with van der Waals surface area (Å²) in [6, 6.07) is 3.75. The molecule has 0 bridgehead atoms. The molecule has 12 heavy (non-hydrogen) atoms. The second-order valence-corrected chi connectivity index (χ2v) is 3.11. The lowest BCUT2D eigenvalue weighted by Gasteiger charge is -2.21. The fourth-order valence-electron chi connectivity index (χ4n) is 1.70. The summed E-state index contributed by atoms with van der Waals surface area (Å²) in [5.41, 5.74) is 0.953. The van der Waals surface area contributed by atoms with Crippen LogP contribution in [-0.2, 0) is 0 Å². The van der Waals surface area contributed by atoms with Crippen molar-refractivity contribution in [1.29, 1.82) is 0 Å². The highest BCUT2D eigenvalue weighted by Crippen LogP contribution is 2.26. The van der Waals surface area contributed by atoms with Crippen LogP contribution in [0.3, 0.4) is 0 Å². The lowest BCUT2D eigenvalue weighted by molar-refractivity contribution is 0.0864. The maximum absolute atomic E-state index is 11.3. The third-order valence-electron chi connectivity index (χ3n) is 2.39. The monoisotopic (exact) mass is 165 g/mol. The van der Waals surface area contributed by atoms with Crippen LogP contribution in [0.5, 0.6) is 0 Å². The zero-order chi connectivity index (χ0) is 8.55. The largest absolute Gasteiger partial charge is 0.396 e. The van der Waals surface area contributed by atoms with E-state index in [1.165, 1.54) is 0 Å². The molecule has 3 nitrogen and oxygen atoms in total. The van der Waals surface area contributed by atoms with Gasteiger partial charge in [-0.15, -0.1) is 0 Å². The lowest BCUT2D eigenvalue weighted by Crippen LogP contribution is -2.23. The van der Waals surface area contributed by atoms with Crippen molar-refractivity contribution >= 4 is 5.91 Å². The van der Waals surface area contributed by atoms with Gasteiger partial charge in [-0.25, -0.2) is 0 Å². The molecule has 1 atom stereocenters. The van der Waals surface area contributed by atoms with Gasteiger partial charge in [0.1, 0.15) is 0 Å². The van der Waals surface area contributed by atoms with E-state index in [1.54, 1.807) is 10.8 Å². The topological polar surface area (TPSA) is 42.2 Å². The predicted molar refractivity (Wildman–Crippen MR) is 44.1 cm³/mol. The SMILES string of the molecule is O=C1CCC(CO)c2cccn21. The Hall–Kier alpha value is -1.09. The Morgan fingerprint density at radius 1 is 1.67 bits per heavy atom. The van der Waals surface area contributed by atoms with Crippen molar-refractivity contribution in [2.24, 2.45) is 0 Å². The Morgan fingerprint density at radius 2 is 2.50 bits per heavy atom. The summed E-state index contributed by atoms with van der Waals surface area (Å²) in [5, 5.41) is 9.02. The molecule has 0 saturated heterocycles. The predicted octanol–water partition coefficient (Wildman–Crippen LogP) is 0.998.